The van der Waals surface area contributed by atoms with Gasteiger partial charge in [-0.3, -0.25) is 14.4 Å². The summed E-state index contributed by atoms with van der Waals surface area (Å²) in [6.45, 7) is 3.09. The number of aliphatic hydroxyl groups excluding tert-OH is 2. The number of aromatic hydroxyl groups is 2. The zero-order valence-corrected chi connectivity index (χ0v) is 27.8. The monoisotopic (exact) mass is 696 g/mol. The first-order chi connectivity index (χ1) is 23.6. The third-order valence-corrected chi connectivity index (χ3v) is 10.2. The van der Waals surface area contributed by atoms with E-state index in [0.717, 1.165) is 26.4 Å². The Bertz CT molecular complexity index is 1940. The first-order valence-corrected chi connectivity index (χ1v) is 15.5. The van der Waals surface area contributed by atoms with Gasteiger partial charge in [0, 0.05) is 50.1 Å². The van der Waals surface area contributed by atoms with E-state index >= 15 is 0 Å². The number of aliphatic imine (C=N–C) groups is 1. The van der Waals surface area contributed by atoms with Crippen molar-refractivity contribution in [3.63, 3.8) is 0 Å². The number of esters is 1. The predicted molar refractivity (Wildman–Crippen MR) is 170 cm³/mol. The van der Waals surface area contributed by atoms with Crippen LogP contribution < -0.4 is 5.73 Å². The van der Waals surface area contributed by atoms with Crippen molar-refractivity contribution in [2.24, 2.45) is 10.7 Å². The van der Waals surface area contributed by atoms with Crippen LogP contribution in [0.2, 0.25) is 0 Å². The molecule has 6 rings (SSSR count). The lowest BCUT2D eigenvalue weighted by molar-refractivity contribution is -0.228. The third-order valence-electron chi connectivity index (χ3n) is 10.2. The zero-order chi connectivity index (χ0) is 36.8. The van der Waals surface area contributed by atoms with Crippen molar-refractivity contribution in [1.29, 1.82) is 0 Å². The summed E-state index contributed by atoms with van der Waals surface area (Å²) in [6, 6.07) is 2.30. The Morgan fingerprint density at radius 1 is 0.980 bits per heavy atom. The first kappa shape index (κ1) is 35.3. The summed E-state index contributed by atoms with van der Waals surface area (Å²) in [4.78, 5) is 60.1. The molecule has 1 fully saturated rings. The lowest BCUT2D eigenvalue weighted by Gasteiger charge is -2.53. The summed E-state index contributed by atoms with van der Waals surface area (Å²) < 4.78 is 26.9. The number of benzene rings is 2. The summed E-state index contributed by atoms with van der Waals surface area (Å²) >= 11 is 0. The molecule has 1 heterocycles. The van der Waals surface area contributed by atoms with Crippen LogP contribution in [0.5, 0.6) is 11.5 Å². The molecule has 2 aromatic carbocycles. The molecule has 0 aromatic heterocycles. The van der Waals surface area contributed by atoms with Crippen LogP contribution in [0, 0.1) is 6.92 Å². The molecule has 0 unspecified atom stereocenters. The number of ether oxygens (including phenoxy) is 5. The van der Waals surface area contributed by atoms with Gasteiger partial charge in [-0.25, -0.2) is 9.79 Å². The maximum absolute atomic E-state index is 14.6. The number of nitrogens with two attached hydrogens (primary N) is 1. The first-order valence-electron chi connectivity index (χ1n) is 15.5. The van der Waals surface area contributed by atoms with Gasteiger partial charge >= 0.3 is 5.97 Å². The number of ketones is 3. The van der Waals surface area contributed by atoms with Gasteiger partial charge in [0.2, 0.25) is 17.3 Å². The molecular formula is C34H36N2O14. The fraction of sp³-hybridized carbons (Fsp3) is 0.441. The molecule has 1 saturated heterocycles. The number of allylic oxidation sites excluding steroid dienone is 1. The molecule has 1 aliphatic heterocycles. The van der Waals surface area contributed by atoms with E-state index in [1.54, 1.807) is 6.92 Å². The maximum atomic E-state index is 14.6. The molecule has 50 heavy (non-hydrogen) atoms. The van der Waals surface area contributed by atoms with Crippen LogP contribution >= 0.6 is 0 Å². The number of aryl methyl sites for hydroxylation is 1. The van der Waals surface area contributed by atoms with Crippen LogP contribution in [0.1, 0.15) is 70.6 Å². The lowest BCUT2D eigenvalue weighted by atomic mass is 9.56. The topological polar surface area (TPSA) is 254 Å². The van der Waals surface area contributed by atoms with Gasteiger partial charge in [-0.1, -0.05) is 6.07 Å². The summed E-state index contributed by atoms with van der Waals surface area (Å²) in [5, 5.41) is 57.7. The average molecular weight is 697 g/mol. The molecular weight excluding hydrogens is 660 g/mol. The highest BCUT2D eigenvalue weighted by atomic mass is 16.6. The van der Waals surface area contributed by atoms with Gasteiger partial charge in [0.25, 0.3) is 0 Å². The second-order valence-electron chi connectivity index (χ2n) is 12.6. The Hall–Kier alpha value is -4.55. The number of carbonyl (C=O) groups is 4. The molecule has 4 aliphatic rings. The maximum Gasteiger partial charge on any atom is 0.341 e. The van der Waals surface area contributed by atoms with Crippen molar-refractivity contribution in [2.75, 3.05) is 28.4 Å². The fourth-order valence-electron chi connectivity index (χ4n) is 7.83. The molecule has 0 bridgehead atoms. The number of hydrogen-bond donors (Lipinski definition) is 6. The smallest absolute Gasteiger partial charge is 0.341 e. The summed E-state index contributed by atoms with van der Waals surface area (Å²) in [5.74, 6) is -6.30. The number of Topliss-reactive ketones (excluding diaryl/α,β-unsaturated/α-hetero) is 3. The predicted octanol–water partition coefficient (Wildman–Crippen LogP) is -0.166. The van der Waals surface area contributed by atoms with E-state index in [4.69, 9.17) is 29.4 Å². The molecule has 3 aliphatic carbocycles. The summed E-state index contributed by atoms with van der Waals surface area (Å²) in [7, 11) is 4.70. The number of phenols is 2. The normalized spacial score (nSPS) is 32.5. The molecule has 0 saturated carbocycles. The van der Waals surface area contributed by atoms with Crippen molar-refractivity contribution in [2.45, 2.75) is 68.2 Å². The molecule has 8 atom stereocenters. The van der Waals surface area contributed by atoms with Crippen molar-refractivity contribution in [3.8, 4) is 11.5 Å². The summed E-state index contributed by atoms with van der Waals surface area (Å²) in [6.07, 6.45) is -6.19. The van der Waals surface area contributed by atoms with Crippen molar-refractivity contribution in [1.82, 2.24) is 0 Å². The molecule has 2 aromatic rings. The highest BCUT2D eigenvalue weighted by Crippen LogP contribution is 2.56. The van der Waals surface area contributed by atoms with Crippen LogP contribution in [0.15, 0.2) is 23.2 Å². The highest BCUT2D eigenvalue weighted by molar-refractivity contribution is 6.53. The SMILES string of the molecule is COC(=O)c1c(C)cc2c(c1O)[C@]1(O)C(=O)c3cc4c(c(O)c3C(=O)[C@]1(OC)[C@H](O)C2)C(N)=C/C(=N/[C@H]1O[C@@H](C)[C@H](OC)[C@@H](O)[C@H]1OC)C4=O. The number of methoxy groups -OCH3 is 4. The van der Waals surface area contributed by atoms with Gasteiger partial charge in [-0.05, 0) is 37.1 Å². The minimum Gasteiger partial charge on any atom is -0.507 e. The van der Waals surface area contributed by atoms with Crippen molar-refractivity contribution < 1.29 is 68.4 Å². The number of fused-ring (bicyclic) bond motifs is 5. The van der Waals surface area contributed by atoms with Gasteiger partial charge in [0.05, 0.1) is 30.4 Å². The van der Waals surface area contributed by atoms with Gasteiger partial charge in [-0.2, -0.15) is 0 Å². The van der Waals surface area contributed by atoms with Crippen molar-refractivity contribution in [3.05, 3.63) is 62.7 Å². The standard InChI is InChI=1S/C34H36N2O14/c1-11-7-13-8-18(37)34(49-6)30(43)21-15(29(42)33(34,45)22(13)25(40)19(11)32(44)48-5)9-14-20(24(21)39)16(35)10-17(23(14)38)36-31-28(47-4)26(41)27(46-3)12(2)50-31/h7,9-10,12,18,26-28,31,37,39-41,45H,8,35H2,1-6H3/b36-17-/t12-,18+,26+,27-,28+,31-,33-,34+/m0/s1. The average Bonchev–Trinajstić information content (AvgIpc) is 3.05. The molecule has 16 nitrogen and oxygen atoms in total. The van der Waals surface area contributed by atoms with E-state index < -0.39 is 111 Å². The molecule has 0 spiro atoms. The van der Waals surface area contributed by atoms with E-state index in [0.29, 0.717) is 0 Å². The van der Waals surface area contributed by atoms with E-state index in [9.17, 15) is 44.7 Å². The van der Waals surface area contributed by atoms with E-state index in [1.807, 2.05) is 0 Å². The molecule has 7 N–H and O–H groups in total. The Balaban J connectivity index is 1.56. The van der Waals surface area contributed by atoms with Gasteiger partial charge in [0.1, 0.15) is 41.1 Å². The Morgan fingerprint density at radius 2 is 1.64 bits per heavy atom. The van der Waals surface area contributed by atoms with E-state index in [2.05, 4.69) is 4.99 Å². The van der Waals surface area contributed by atoms with Crippen LogP contribution in [-0.2, 0) is 35.7 Å². The zero-order valence-electron chi connectivity index (χ0n) is 27.8. The minimum absolute atomic E-state index is 0.0205. The van der Waals surface area contributed by atoms with Gasteiger partial charge in [-0.15, -0.1) is 0 Å². The van der Waals surface area contributed by atoms with Crippen LogP contribution in [-0.4, -0.2) is 125 Å². The van der Waals surface area contributed by atoms with E-state index in [-0.39, 0.29) is 33.7 Å². The number of aliphatic hydroxyl groups is 3. The van der Waals surface area contributed by atoms with Crippen LogP contribution in [0.3, 0.4) is 0 Å². The Labute approximate surface area is 284 Å². The van der Waals surface area contributed by atoms with Gasteiger partial charge in [0.15, 0.2) is 17.4 Å². The number of hydrogen-bond acceptors (Lipinski definition) is 16. The number of carbonyl (C=O) groups excluding carboxylic acids is 4. The van der Waals surface area contributed by atoms with Crippen molar-refractivity contribution >= 4 is 34.7 Å². The quantitative estimate of drug-likeness (QED) is 0.222. The molecule has 0 radical (unpaired) electrons. The van der Waals surface area contributed by atoms with Gasteiger partial charge < -0.3 is 55.0 Å². The summed E-state index contributed by atoms with van der Waals surface area (Å²) in [5.41, 5.74) is -3.17. The Morgan fingerprint density at radius 3 is 2.24 bits per heavy atom. The minimum atomic E-state index is -3.19. The lowest BCUT2D eigenvalue weighted by Crippen LogP contribution is -2.73. The molecule has 16 heteroatoms. The fourth-order valence-corrected chi connectivity index (χ4v) is 7.83. The molecule has 0 amide bonds. The third kappa shape index (κ3) is 4.40. The largest absolute Gasteiger partial charge is 0.507 e. The second-order valence-corrected chi connectivity index (χ2v) is 12.6. The molecule has 266 valence electrons. The number of phenolic OH excluding ortho intramolecular Hbond substituents is 2. The van der Waals surface area contributed by atoms with Crippen LogP contribution in [0.4, 0.5) is 0 Å². The Kier molecular flexibility index (Phi) is 8.50. The highest BCUT2D eigenvalue weighted by Gasteiger charge is 2.72. The number of rotatable bonds is 5. The number of nitrogens with zero attached hydrogens (tertiary/aromatic N) is 1. The van der Waals surface area contributed by atoms with Crippen LogP contribution in [0.25, 0.3) is 5.70 Å². The second kappa shape index (κ2) is 12.1. The van der Waals surface area contributed by atoms with E-state index in [1.165, 1.54) is 27.2 Å².